The lowest BCUT2D eigenvalue weighted by Crippen LogP contribution is -2.45. The number of nitro benzene ring substituents is 1. The highest BCUT2D eigenvalue weighted by molar-refractivity contribution is 5.94. The van der Waals surface area contributed by atoms with Gasteiger partial charge >= 0.3 is 18.0 Å². The second kappa shape index (κ2) is 7.90. The molecule has 1 aliphatic heterocycles. The van der Waals surface area contributed by atoms with E-state index in [0.717, 1.165) is 0 Å². The summed E-state index contributed by atoms with van der Waals surface area (Å²) in [5, 5.41) is 15.4. The molecule has 0 saturated carbocycles. The maximum atomic E-state index is 12.0. The average molecular weight is 349 g/mol. The molecule has 1 aromatic rings. The summed E-state index contributed by atoms with van der Waals surface area (Å²) in [5.41, 5.74) is 0.217. The number of carbonyl (C=O) groups is 3. The van der Waals surface area contributed by atoms with E-state index in [2.05, 4.69) is 10.6 Å². The van der Waals surface area contributed by atoms with E-state index in [-0.39, 0.29) is 42.3 Å². The van der Waals surface area contributed by atoms with Crippen LogP contribution in [0.3, 0.4) is 0 Å². The van der Waals surface area contributed by atoms with E-state index in [9.17, 15) is 24.5 Å². The molecule has 0 spiro atoms. The molecule has 0 aliphatic carbocycles. The molecule has 0 aromatic heterocycles. The number of nitrogens with zero attached hydrogens (tertiary/aromatic N) is 1. The average Bonchev–Trinajstić information content (AvgIpc) is 2.60. The predicted molar refractivity (Wildman–Crippen MR) is 83.6 cm³/mol. The Balaban J connectivity index is 2.08. The predicted octanol–water partition coefficient (Wildman–Crippen LogP) is 0.882. The van der Waals surface area contributed by atoms with Crippen LogP contribution in [-0.4, -0.2) is 42.7 Å². The summed E-state index contributed by atoms with van der Waals surface area (Å²) in [6.45, 7) is 1.40. The minimum atomic E-state index is -0.751. The van der Waals surface area contributed by atoms with Crippen LogP contribution in [0.25, 0.3) is 0 Å². The van der Waals surface area contributed by atoms with E-state index in [1.807, 2.05) is 0 Å². The first kappa shape index (κ1) is 17.9. The number of rotatable bonds is 6. The molecule has 0 radical (unpaired) electrons. The molecular formula is C15H15N3O7. The molecule has 0 unspecified atom stereocenters. The van der Waals surface area contributed by atoms with Crippen LogP contribution in [0, 0.1) is 10.1 Å². The Morgan fingerprint density at radius 3 is 2.48 bits per heavy atom. The Labute approximate surface area is 141 Å². The smallest absolute Gasteiger partial charge is 0.338 e. The lowest BCUT2D eigenvalue weighted by atomic mass is 10.1. The quantitative estimate of drug-likeness (QED) is 0.442. The zero-order valence-corrected chi connectivity index (χ0v) is 13.2. The third-order valence-electron chi connectivity index (χ3n) is 3.24. The van der Waals surface area contributed by atoms with Gasteiger partial charge in [-0.05, 0) is 19.1 Å². The number of urea groups is 1. The number of nitro groups is 1. The highest BCUT2D eigenvalue weighted by Crippen LogP contribution is 2.14. The first-order chi connectivity index (χ1) is 11.9. The lowest BCUT2D eigenvalue weighted by molar-refractivity contribution is -0.384. The van der Waals surface area contributed by atoms with Gasteiger partial charge in [-0.2, -0.15) is 0 Å². The number of carbonyl (C=O) groups excluding carboxylic acids is 3. The molecule has 10 nitrogen and oxygen atoms in total. The minimum Gasteiger partial charge on any atom is -0.463 e. The summed E-state index contributed by atoms with van der Waals surface area (Å²) in [4.78, 5) is 45.3. The Morgan fingerprint density at radius 1 is 1.20 bits per heavy atom. The summed E-state index contributed by atoms with van der Waals surface area (Å²) in [6, 6.07) is 4.32. The van der Waals surface area contributed by atoms with Gasteiger partial charge < -0.3 is 20.1 Å². The van der Waals surface area contributed by atoms with Crippen molar-refractivity contribution in [2.45, 2.75) is 6.92 Å². The molecule has 0 fully saturated rings. The molecule has 0 atom stereocenters. The van der Waals surface area contributed by atoms with Crippen LogP contribution >= 0.6 is 0 Å². The number of benzene rings is 1. The number of non-ortho nitro benzene ring substituents is 1. The Bertz CT molecular complexity index is 740. The van der Waals surface area contributed by atoms with Gasteiger partial charge in [0.05, 0.1) is 34.9 Å². The van der Waals surface area contributed by atoms with Crippen LogP contribution in [0.4, 0.5) is 10.5 Å². The van der Waals surface area contributed by atoms with Crippen molar-refractivity contribution in [3.8, 4) is 0 Å². The third-order valence-corrected chi connectivity index (χ3v) is 3.24. The van der Waals surface area contributed by atoms with Gasteiger partial charge in [-0.1, -0.05) is 0 Å². The molecule has 2 N–H and O–H groups in total. The highest BCUT2D eigenvalue weighted by Gasteiger charge is 2.24. The first-order valence-electron chi connectivity index (χ1n) is 7.28. The molecule has 10 heteroatoms. The normalized spacial score (nSPS) is 13.6. The van der Waals surface area contributed by atoms with Crippen molar-refractivity contribution in [3.63, 3.8) is 0 Å². The van der Waals surface area contributed by atoms with Crippen molar-refractivity contribution in [1.82, 2.24) is 10.6 Å². The Kier molecular flexibility index (Phi) is 5.66. The van der Waals surface area contributed by atoms with Gasteiger partial charge in [-0.25, -0.2) is 14.4 Å². The molecule has 2 rings (SSSR count). The lowest BCUT2D eigenvalue weighted by Gasteiger charge is -2.21. The van der Waals surface area contributed by atoms with Crippen LogP contribution in [0.2, 0.25) is 0 Å². The largest absolute Gasteiger partial charge is 0.463 e. The molecule has 0 bridgehead atoms. The third kappa shape index (κ3) is 4.53. The topological polar surface area (TPSA) is 137 Å². The molecular weight excluding hydrogens is 334 g/mol. The van der Waals surface area contributed by atoms with Gasteiger partial charge in [0.2, 0.25) is 0 Å². The van der Waals surface area contributed by atoms with Gasteiger partial charge in [-0.15, -0.1) is 0 Å². The zero-order valence-electron chi connectivity index (χ0n) is 13.2. The maximum absolute atomic E-state index is 12.0. The SMILES string of the molecule is CCOC(=O)C1=C(COC(=O)c2ccc([N+](=O)[O-])cc2)NC(=O)NC1. The van der Waals surface area contributed by atoms with Gasteiger partial charge in [0, 0.05) is 12.1 Å². The van der Waals surface area contributed by atoms with Crippen molar-refractivity contribution in [3.05, 3.63) is 51.2 Å². The Hall–Kier alpha value is -3.43. The maximum Gasteiger partial charge on any atom is 0.338 e. The Morgan fingerprint density at radius 2 is 1.88 bits per heavy atom. The molecule has 25 heavy (non-hydrogen) atoms. The van der Waals surface area contributed by atoms with E-state index in [1.54, 1.807) is 6.92 Å². The number of ether oxygens (including phenoxy) is 2. The van der Waals surface area contributed by atoms with E-state index >= 15 is 0 Å². The molecule has 132 valence electrons. The van der Waals surface area contributed by atoms with E-state index in [4.69, 9.17) is 9.47 Å². The molecule has 1 heterocycles. The molecule has 0 saturated heterocycles. The number of esters is 2. The monoisotopic (exact) mass is 349 g/mol. The highest BCUT2D eigenvalue weighted by atomic mass is 16.6. The second-order valence-electron chi connectivity index (χ2n) is 4.87. The van der Waals surface area contributed by atoms with Gasteiger partial charge in [0.15, 0.2) is 0 Å². The minimum absolute atomic E-state index is 0.0465. The van der Waals surface area contributed by atoms with Crippen molar-refractivity contribution < 1.29 is 28.8 Å². The summed E-state index contributed by atoms with van der Waals surface area (Å²) in [5.74, 6) is -1.38. The van der Waals surface area contributed by atoms with Crippen LogP contribution in [0.15, 0.2) is 35.5 Å². The van der Waals surface area contributed by atoms with Crippen molar-refractivity contribution in [2.75, 3.05) is 19.8 Å². The van der Waals surface area contributed by atoms with Gasteiger partial charge in [0.25, 0.3) is 5.69 Å². The van der Waals surface area contributed by atoms with Crippen LogP contribution < -0.4 is 10.6 Å². The first-order valence-corrected chi connectivity index (χ1v) is 7.28. The fraction of sp³-hybridized carbons (Fsp3) is 0.267. The fourth-order valence-electron chi connectivity index (χ4n) is 2.01. The summed E-state index contributed by atoms with van der Waals surface area (Å²) < 4.78 is 9.94. The van der Waals surface area contributed by atoms with Crippen molar-refractivity contribution in [1.29, 1.82) is 0 Å². The standard InChI is InChI=1S/C15H15N3O7/c1-2-24-14(20)11-7-16-15(21)17-12(11)8-25-13(19)9-3-5-10(6-4-9)18(22)23/h3-6H,2,7-8H2,1H3,(H2,16,17,21). The van der Waals surface area contributed by atoms with Crippen LogP contribution in [0.1, 0.15) is 17.3 Å². The second-order valence-corrected chi connectivity index (χ2v) is 4.87. The van der Waals surface area contributed by atoms with Crippen LogP contribution in [0.5, 0.6) is 0 Å². The summed E-state index contributed by atoms with van der Waals surface area (Å²) >= 11 is 0. The zero-order chi connectivity index (χ0) is 18.4. The van der Waals surface area contributed by atoms with Crippen molar-refractivity contribution in [2.24, 2.45) is 0 Å². The van der Waals surface area contributed by atoms with Crippen LogP contribution in [-0.2, 0) is 14.3 Å². The summed E-state index contributed by atoms with van der Waals surface area (Å²) in [6.07, 6.45) is 0. The van der Waals surface area contributed by atoms with E-state index in [0.29, 0.717) is 0 Å². The fourth-order valence-corrected chi connectivity index (χ4v) is 2.01. The van der Waals surface area contributed by atoms with E-state index in [1.165, 1.54) is 24.3 Å². The van der Waals surface area contributed by atoms with Gasteiger partial charge in [-0.3, -0.25) is 10.1 Å². The molecule has 2 amide bonds. The van der Waals surface area contributed by atoms with Gasteiger partial charge in [0.1, 0.15) is 6.61 Å². The van der Waals surface area contributed by atoms with E-state index < -0.39 is 22.9 Å². The number of hydrogen-bond acceptors (Lipinski definition) is 7. The summed E-state index contributed by atoms with van der Waals surface area (Å²) in [7, 11) is 0. The van der Waals surface area contributed by atoms with Crippen molar-refractivity contribution >= 4 is 23.7 Å². The number of hydrogen-bond donors (Lipinski definition) is 2. The number of nitrogens with one attached hydrogen (secondary N) is 2. The molecule has 1 aromatic carbocycles. The molecule has 1 aliphatic rings. The number of amides is 2.